The molecule has 1 atom stereocenters. The summed E-state index contributed by atoms with van der Waals surface area (Å²) in [6.45, 7) is 1.72. The highest BCUT2D eigenvalue weighted by molar-refractivity contribution is 6.33. The van der Waals surface area contributed by atoms with E-state index in [1.807, 2.05) is 36.7 Å². The Balaban J connectivity index is 1.15. The number of aromatic nitrogens is 3. The van der Waals surface area contributed by atoms with Gasteiger partial charge in [0.1, 0.15) is 16.0 Å². The number of halogens is 2. The first-order valence-corrected chi connectivity index (χ1v) is 14.3. The normalized spacial score (nSPS) is 18.8. The second-order valence-electron chi connectivity index (χ2n) is 10.5. The Kier molecular flexibility index (Phi) is 7.84. The number of allylic oxidation sites excluding steroid dienone is 1. The fraction of sp³-hybridized carbons (Fsp3) is 0.345. The summed E-state index contributed by atoms with van der Waals surface area (Å²) >= 11 is 12.5. The molecule has 0 aliphatic carbocycles. The van der Waals surface area contributed by atoms with Gasteiger partial charge in [-0.05, 0) is 73.9 Å². The Labute approximate surface area is 243 Å². The van der Waals surface area contributed by atoms with Crippen LogP contribution in [0.25, 0.3) is 0 Å². The van der Waals surface area contributed by atoms with Crippen LogP contribution in [0, 0.1) is 11.8 Å². The lowest BCUT2D eigenvalue weighted by atomic mass is 9.92. The number of anilines is 5. The van der Waals surface area contributed by atoms with Crippen LogP contribution in [0.2, 0.25) is 10.2 Å². The van der Waals surface area contributed by atoms with Crippen LogP contribution in [0.4, 0.5) is 29.0 Å². The predicted molar refractivity (Wildman–Crippen MR) is 161 cm³/mol. The number of benzene rings is 1. The lowest BCUT2D eigenvalue weighted by Gasteiger charge is -2.32. The number of piperidine rings is 1. The van der Waals surface area contributed by atoms with Gasteiger partial charge in [-0.25, -0.2) is 9.97 Å². The first-order valence-electron chi connectivity index (χ1n) is 13.6. The van der Waals surface area contributed by atoms with Crippen LogP contribution in [0.5, 0.6) is 0 Å². The number of nitrogens with one attached hydrogen (secondary N) is 3. The van der Waals surface area contributed by atoms with Crippen LogP contribution >= 0.6 is 23.2 Å². The molecule has 206 valence electrons. The van der Waals surface area contributed by atoms with Gasteiger partial charge in [0.2, 0.25) is 11.9 Å². The van der Waals surface area contributed by atoms with Crippen LogP contribution in [-0.4, -0.2) is 40.2 Å². The van der Waals surface area contributed by atoms with E-state index in [-0.39, 0.29) is 11.8 Å². The van der Waals surface area contributed by atoms with Crippen molar-refractivity contribution in [2.75, 3.05) is 33.9 Å². The Morgan fingerprint density at radius 1 is 1.07 bits per heavy atom. The highest BCUT2D eigenvalue weighted by Crippen LogP contribution is 2.31. The highest BCUT2D eigenvalue weighted by Gasteiger charge is 2.23. The first kappa shape index (κ1) is 26.5. The van der Waals surface area contributed by atoms with Crippen molar-refractivity contribution >= 4 is 64.3 Å². The van der Waals surface area contributed by atoms with E-state index in [1.165, 1.54) is 0 Å². The molecule has 3 aromatic rings. The zero-order valence-corrected chi connectivity index (χ0v) is 23.4. The SMILES string of the molecule is O=C(CC1CCN(c2cccc(Cl)n2)CC1)Nc1ccc2cc1CCC1C=NC=C(C1)Nc1ncc(Cl)c(n1)N2. The molecule has 6 rings (SSSR count). The standard InChI is InChI=1S/C29H30Cl2N8O/c30-23-17-33-29-35-22-12-19(15-32-16-22)4-5-20-14-21(34-28(23)38-29)6-7-24(20)36-27(40)13-18-8-10-39(11-9-18)26-3-1-2-25(31)37-26/h1-3,6-7,14-19H,4-5,8-13H2,(H,36,40)(H2,33,34,35,38). The minimum Gasteiger partial charge on any atom is -0.357 e. The first-order chi connectivity index (χ1) is 19.5. The topological polar surface area (TPSA) is 107 Å². The minimum atomic E-state index is 0.0383. The summed E-state index contributed by atoms with van der Waals surface area (Å²) < 4.78 is 0. The monoisotopic (exact) mass is 576 g/mol. The molecule has 3 aliphatic heterocycles. The Morgan fingerprint density at radius 2 is 1.95 bits per heavy atom. The van der Waals surface area contributed by atoms with Crippen molar-refractivity contribution in [2.24, 2.45) is 16.8 Å². The molecule has 0 spiro atoms. The van der Waals surface area contributed by atoms with Gasteiger partial charge in [-0.2, -0.15) is 4.98 Å². The van der Waals surface area contributed by atoms with Crippen LogP contribution in [0.1, 0.15) is 37.7 Å². The summed E-state index contributed by atoms with van der Waals surface area (Å²) in [5.74, 6) is 2.50. The van der Waals surface area contributed by atoms with Gasteiger partial charge in [-0.1, -0.05) is 29.3 Å². The molecule has 40 heavy (non-hydrogen) atoms. The van der Waals surface area contributed by atoms with E-state index < -0.39 is 0 Å². The number of pyridine rings is 1. The quantitative estimate of drug-likeness (QED) is 0.306. The molecule has 1 aromatic carbocycles. The van der Waals surface area contributed by atoms with Gasteiger partial charge < -0.3 is 20.9 Å². The minimum absolute atomic E-state index is 0.0383. The van der Waals surface area contributed by atoms with E-state index in [4.69, 9.17) is 23.2 Å². The smallest absolute Gasteiger partial charge is 0.229 e. The van der Waals surface area contributed by atoms with Gasteiger partial charge in [0, 0.05) is 54.9 Å². The third-order valence-electron chi connectivity index (χ3n) is 7.57. The van der Waals surface area contributed by atoms with E-state index in [0.29, 0.717) is 34.3 Å². The van der Waals surface area contributed by atoms with Crippen LogP contribution in [-0.2, 0) is 11.2 Å². The number of rotatable bonds is 4. The van der Waals surface area contributed by atoms with Crippen molar-refractivity contribution in [2.45, 2.75) is 38.5 Å². The van der Waals surface area contributed by atoms with E-state index in [2.05, 4.69) is 46.9 Å². The molecule has 1 fully saturated rings. The zero-order chi connectivity index (χ0) is 27.5. The largest absolute Gasteiger partial charge is 0.357 e. The summed E-state index contributed by atoms with van der Waals surface area (Å²) in [5.41, 5.74) is 3.69. The van der Waals surface area contributed by atoms with E-state index in [9.17, 15) is 4.79 Å². The second-order valence-corrected chi connectivity index (χ2v) is 11.3. The van der Waals surface area contributed by atoms with Crippen molar-refractivity contribution in [1.29, 1.82) is 0 Å². The van der Waals surface area contributed by atoms with E-state index in [1.54, 1.807) is 12.3 Å². The number of fused-ring (bicyclic) bond motifs is 6. The van der Waals surface area contributed by atoms with Crippen molar-refractivity contribution in [3.8, 4) is 0 Å². The Bertz CT molecular complexity index is 1470. The highest BCUT2D eigenvalue weighted by atomic mass is 35.5. The number of aryl methyl sites for hydroxylation is 1. The fourth-order valence-electron chi connectivity index (χ4n) is 5.44. The van der Waals surface area contributed by atoms with Crippen LogP contribution in [0.15, 0.2) is 59.5 Å². The van der Waals surface area contributed by atoms with Gasteiger partial charge in [0.25, 0.3) is 0 Å². The molecule has 1 amide bonds. The van der Waals surface area contributed by atoms with Crippen molar-refractivity contribution in [3.63, 3.8) is 0 Å². The molecule has 1 unspecified atom stereocenters. The molecular weight excluding hydrogens is 547 g/mol. The number of hydrogen-bond acceptors (Lipinski definition) is 8. The number of carbonyl (C=O) groups is 1. The van der Waals surface area contributed by atoms with Gasteiger partial charge in [0.15, 0.2) is 5.82 Å². The van der Waals surface area contributed by atoms with Gasteiger partial charge >= 0.3 is 0 Å². The molecule has 3 N–H and O–H groups in total. The molecular formula is C29H30Cl2N8O. The third kappa shape index (κ3) is 6.37. The van der Waals surface area contributed by atoms with Crippen molar-refractivity contribution < 1.29 is 4.79 Å². The lowest BCUT2D eigenvalue weighted by molar-refractivity contribution is -0.117. The average molecular weight is 578 g/mol. The second kappa shape index (κ2) is 11.8. The Morgan fingerprint density at radius 3 is 2.80 bits per heavy atom. The zero-order valence-electron chi connectivity index (χ0n) is 21.9. The molecule has 0 radical (unpaired) electrons. The third-order valence-corrected chi connectivity index (χ3v) is 8.05. The number of nitrogens with zero attached hydrogens (tertiary/aromatic N) is 5. The maximum atomic E-state index is 13.2. The molecule has 5 heterocycles. The number of amides is 1. The molecule has 9 nitrogen and oxygen atoms in total. The van der Waals surface area contributed by atoms with E-state index in [0.717, 1.165) is 73.6 Å². The maximum Gasteiger partial charge on any atom is 0.229 e. The maximum absolute atomic E-state index is 13.2. The van der Waals surface area contributed by atoms with Crippen LogP contribution in [0.3, 0.4) is 0 Å². The summed E-state index contributed by atoms with van der Waals surface area (Å²) in [7, 11) is 0. The van der Waals surface area contributed by atoms with Gasteiger partial charge in [0.05, 0.1) is 6.20 Å². The number of aliphatic imine (C=N–C) groups is 1. The van der Waals surface area contributed by atoms with Gasteiger partial charge in [-0.15, -0.1) is 0 Å². The summed E-state index contributed by atoms with van der Waals surface area (Å²) in [6.07, 6.45) is 10.2. The van der Waals surface area contributed by atoms with Gasteiger partial charge in [-0.3, -0.25) is 9.79 Å². The molecule has 0 saturated carbocycles. The van der Waals surface area contributed by atoms with E-state index >= 15 is 0 Å². The summed E-state index contributed by atoms with van der Waals surface area (Å²) in [6, 6.07) is 11.6. The molecule has 2 aromatic heterocycles. The lowest BCUT2D eigenvalue weighted by Crippen LogP contribution is -2.35. The predicted octanol–water partition coefficient (Wildman–Crippen LogP) is 6.46. The van der Waals surface area contributed by atoms with Crippen molar-refractivity contribution in [1.82, 2.24) is 15.0 Å². The average Bonchev–Trinajstić information content (AvgIpc) is 2.95. The molecule has 3 aliphatic rings. The Hall–Kier alpha value is -3.69. The molecule has 11 heteroatoms. The van der Waals surface area contributed by atoms with Crippen LogP contribution < -0.4 is 20.9 Å². The summed E-state index contributed by atoms with van der Waals surface area (Å²) in [5, 5.41) is 10.7. The molecule has 6 bridgehead atoms. The number of carbonyl (C=O) groups excluding carboxylic acids is 1. The fourth-order valence-corrected chi connectivity index (χ4v) is 5.74. The molecule has 1 saturated heterocycles. The van der Waals surface area contributed by atoms with Crippen molar-refractivity contribution in [3.05, 3.63) is 70.2 Å². The summed E-state index contributed by atoms with van der Waals surface area (Å²) in [4.78, 5) is 33.1. The number of hydrogen-bond donors (Lipinski definition) is 3.